The summed E-state index contributed by atoms with van der Waals surface area (Å²) in [4.78, 5) is 3.11. The smallest absolute Gasteiger partial charge is 0.354 e. The van der Waals surface area contributed by atoms with Crippen molar-refractivity contribution < 1.29 is 13.2 Å². The topological polar surface area (TPSA) is 41.8 Å². The van der Waals surface area contributed by atoms with E-state index in [1.54, 1.807) is 6.07 Å². The van der Waals surface area contributed by atoms with Gasteiger partial charge in [-0.15, -0.1) is 0 Å². The third kappa shape index (κ3) is 3.68. The van der Waals surface area contributed by atoms with E-state index in [0.29, 0.717) is 24.0 Å². The van der Waals surface area contributed by atoms with Crippen LogP contribution in [0, 0.1) is 6.92 Å². The van der Waals surface area contributed by atoms with Gasteiger partial charge in [0.1, 0.15) is 0 Å². The number of rotatable bonds is 5. The molecule has 0 saturated heterocycles. The second-order valence-corrected chi connectivity index (χ2v) is 8.01. The minimum Gasteiger partial charge on any atom is -0.354 e. The van der Waals surface area contributed by atoms with Crippen molar-refractivity contribution in [3.05, 3.63) is 70.2 Å². The molecule has 0 fully saturated rings. The quantitative estimate of drug-likeness (QED) is 0.322. The lowest BCUT2D eigenvalue weighted by molar-refractivity contribution is -0.136. The van der Waals surface area contributed by atoms with Crippen molar-refractivity contribution in [1.29, 1.82) is 0 Å². The van der Waals surface area contributed by atoms with E-state index < -0.39 is 11.7 Å². The van der Waals surface area contributed by atoms with Gasteiger partial charge in [-0.1, -0.05) is 48.0 Å². The van der Waals surface area contributed by atoms with E-state index in [-0.39, 0.29) is 10.5 Å². The SMILES string of the molecule is Cc1ccc(-c2[nH]c3c(C(F)(F)F)cc(Cl)cc3c2CCCCN)c2ccccc12. The van der Waals surface area contributed by atoms with Gasteiger partial charge in [-0.25, -0.2) is 0 Å². The van der Waals surface area contributed by atoms with Crippen molar-refractivity contribution in [3.63, 3.8) is 0 Å². The molecule has 0 bridgehead atoms. The summed E-state index contributed by atoms with van der Waals surface area (Å²) in [6.07, 6.45) is -2.30. The van der Waals surface area contributed by atoms with Crippen molar-refractivity contribution in [2.24, 2.45) is 5.73 Å². The van der Waals surface area contributed by atoms with Gasteiger partial charge in [-0.05, 0) is 66.8 Å². The van der Waals surface area contributed by atoms with Crippen LogP contribution < -0.4 is 5.73 Å². The molecule has 156 valence electrons. The normalized spacial score (nSPS) is 12.2. The molecule has 0 amide bonds. The summed E-state index contributed by atoms with van der Waals surface area (Å²) in [6, 6.07) is 14.5. The van der Waals surface area contributed by atoms with E-state index in [4.69, 9.17) is 17.3 Å². The van der Waals surface area contributed by atoms with Crippen molar-refractivity contribution in [1.82, 2.24) is 4.98 Å². The van der Waals surface area contributed by atoms with Crippen LogP contribution in [0.5, 0.6) is 0 Å². The number of unbranched alkanes of at least 4 members (excludes halogenated alkanes) is 1. The molecule has 3 N–H and O–H groups in total. The molecule has 0 radical (unpaired) electrons. The molecule has 1 aromatic heterocycles. The predicted molar refractivity (Wildman–Crippen MR) is 118 cm³/mol. The number of aryl methyl sites for hydroxylation is 2. The van der Waals surface area contributed by atoms with Crippen LogP contribution in [0.2, 0.25) is 5.02 Å². The maximum Gasteiger partial charge on any atom is 0.418 e. The Kier molecular flexibility index (Phi) is 5.51. The number of benzene rings is 3. The van der Waals surface area contributed by atoms with Crippen LogP contribution in [0.3, 0.4) is 0 Å². The molecule has 1 heterocycles. The van der Waals surface area contributed by atoms with Crippen LogP contribution in [-0.4, -0.2) is 11.5 Å². The molecule has 6 heteroatoms. The maximum absolute atomic E-state index is 13.8. The molecule has 4 aromatic rings. The predicted octanol–water partition coefficient (Wildman–Crippen LogP) is 7.25. The summed E-state index contributed by atoms with van der Waals surface area (Å²) >= 11 is 6.10. The van der Waals surface area contributed by atoms with Crippen LogP contribution in [0.25, 0.3) is 32.9 Å². The first-order valence-corrected chi connectivity index (χ1v) is 10.3. The van der Waals surface area contributed by atoms with Crippen LogP contribution in [0.4, 0.5) is 13.2 Å². The van der Waals surface area contributed by atoms with Crippen LogP contribution in [-0.2, 0) is 12.6 Å². The zero-order chi connectivity index (χ0) is 21.5. The van der Waals surface area contributed by atoms with Gasteiger partial charge in [-0.3, -0.25) is 0 Å². The lowest BCUT2D eigenvalue weighted by Crippen LogP contribution is -2.05. The molecule has 30 heavy (non-hydrogen) atoms. The van der Waals surface area contributed by atoms with Gasteiger partial charge in [0, 0.05) is 16.0 Å². The van der Waals surface area contributed by atoms with E-state index in [2.05, 4.69) is 4.98 Å². The second kappa shape index (κ2) is 7.97. The largest absolute Gasteiger partial charge is 0.418 e. The first-order valence-electron chi connectivity index (χ1n) is 9.91. The molecule has 3 aromatic carbocycles. The summed E-state index contributed by atoms with van der Waals surface area (Å²) in [7, 11) is 0. The van der Waals surface area contributed by atoms with Gasteiger partial charge in [-0.2, -0.15) is 13.2 Å². The number of aromatic amines is 1. The van der Waals surface area contributed by atoms with Crippen LogP contribution in [0.1, 0.15) is 29.5 Å². The summed E-state index contributed by atoms with van der Waals surface area (Å²) in [5, 5.41) is 2.68. The van der Waals surface area contributed by atoms with Gasteiger partial charge in [0.05, 0.1) is 16.8 Å². The molecule has 0 atom stereocenters. The van der Waals surface area contributed by atoms with Gasteiger partial charge in [0.25, 0.3) is 0 Å². The monoisotopic (exact) mass is 430 g/mol. The molecule has 0 unspecified atom stereocenters. The van der Waals surface area contributed by atoms with E-state index in [0.717, 1.165) is 46.4 Å². The highest BCUT2D eigenvalue weighted by Crippen LogP contribution is 2.42. The van der Waals surface area contributed by atoms with Crippen molar-refractivity contribution >= 4 is 33.3 Å². The average Bonchev–Trinajstić information content (AvgIpc) is 3.05. The molecule has 0 aliphatic carbocycles. The zero-order valence-corrected chi connectivity index (χ0v) is 17.3. The summed E-state index contributed by atoms with van der Waals surface area (Å²) in [5.74, 6) is 0. The fraction of sp³-hybridized carbons (Fsp3) is 0.250. The number of hydrogen-bond donors (Lipinski definition) is 2. The van der Waals surface area contributed by atoms with Crippen LogP contribution in [0.15, 0.2) is 48.5 Å². The van der Waals surface area contributed by atoms with E-state index in [1.165, 1.54) is 0 Å². The van der Waals surface area contributed by atoms with E-state index >= 15 is 0 Å². The highest BCUT2D eigenvalue weighted by molar-refractivity contribution is 6.31. The first kappa shape index (κ1) is 20.8. The Morgan fingerprint density at radius 1 is 0.967 bits per heavy atom. The maximum atomic E-state index is 13.8. The van der Waals surface area contributed by atoms with Gasteiger partial charge >= 0.3 is 6.18 Å². The number of nitrogens with two attached hydrogens (primary N) is 1. The number of fused-ring (bicyclic) bond motifs is 2. The van der Waals surface area contributed by atoms with Gasteiger partial charge < -0.3 is 10.7 Å². The zero-order valence-electron chi connectivity index (χ0n) is 16.5. The van der Waals surface area contributed by atoms with E-state index in [1.807, 2.05) is 43.3 Å². The van der Waals surface area contributed by atoms with Crippen molar-refractivity contribution in [2.45, 2.75) is 32.4 Å². The Balaban J connectivity index is 2.05. The Hall–Kier alpha value is -2.50. The number of aromatic nitrogens is 1. The summed E-state index contributed by atoms with van der Waals surface area (Å²) in [6.45, 7) is 2.57. The molecule has 0 aliphatic rings. The van der Waals surface area contributed by atoms with E-state index in [9.17, 15) is 13.2 Å². The summed E-state index contributed by atoms with van der Waals surface area (Å²) < 4.78 is 41.3. The minimum atomic E-state index is -4.50. The molecular formula is C24H22ClF3N2. The molecule has 4 rings (SSSR count). The van der Waals surface area contributed by atoms with Gasteiger partial charge in [0.2, 0.25) is 0 Å². The number of nitrogens with one attached hydrogen (secondary N) is 1. The third-order valence-electron chi connectivity index (χ3n) is 5.58. The highest BCUT2D eigenvalue weighted by Gasteiger charge is 2.34. The fourth-order valence-electron chi connectivity index (χ4n) is 4.14. The molecule has 0 aliphatic heterocycles. The number of H-pyrrole nitrogens is 1. The number of hydrogen-bond acceptors (Lipinski definition) is 1. The molecule has 0 saturated carbocycles. The van der Waals surface area contributed by atoms with Crippen molar-refractivity contribution in [2.75, 3.05) is 6.54 Å². The van der Waals surface area contributed by atoms with Crippen LogP contribution >= 0.6 is 11.6 Å². The number of alkyl halides is 3. The number of halogens is 4. The lowest BCUT2D eigenvalue weighted by atomic mass is 9.94. The molecule has 0 spiro atoms. The Morgan fingerprint density at radius 3 is 2.40 bits per heavy atom. The standard InChI is InChI=1S/C24H22ClF3N2/c1-14-9-10-19(17-7-3-2-6-16(14)17)22-18(8-4-5-11-29)20-12-15(25)13-21(23(20)30-22)24(26,27)28/h2-3,6-7,9-10,12-13,30H,4-5,8,11,29H2,1H3. The second-order valence-electron chi connectivity index (χ2n) is 7.57. The molecular weight excluding hydrogens is 409 g/mol. The average molecular weight is 431 g/mol. The first-order chi connectivity index (χ1) is 14.3. The highest BCUT2D eigenvalue weighted by atomic mass is 35.5. The molecule has 2 nitrogen and oxygen atoms in total. The van der Waals surface area contributed by atoms with Gasteiger partial charge in [0.15, 0.2) is 0 Å². The van der Waals surface area contributed by atoms with Crippen molar-refractivity contribution in [3.8, 4) is 11.3 Å². The summed E-state index contributed by atoms with van der Waals surface area (Å²) in [5.41, 5.74) is 8.55. The Morgan fingerprint density at radius 2 is 1.70 bits per heavy atom. The fourth-order valence-corrected chi connectivity index (χ4v) is 4.36. The lowest BCUT2D eigenvalue weighted by Gasteiger charge is -2.11. The third-order valence-corrected chi connectivity index (χ3v) is 5.80. The Bertz CT molecular complexity index is 1220. The minimum absolute atomic E-state index is 0.0780. The Labute approximate surface area is 177 Å².